The highest BCUT2D eigenvalue weighted by molar-refractivity contribution is 5.90. The Kier molecular flexibility index (Phi) is 6.35. The minimum Gasteiger partial charge on any atom is -0.447 e. The second kappa shape index (κ2) is 9.95. The first-order chi connectivity index (χ1) is 18.2. The standard InChI is InChI=1S/C33H33N2O2/c1-2-25-23-35(22-24-11-5-3-6-12-24)20-18-27(25)21-31(35)32(37-33(36)26-13-7-4-8-14-26)29-17-19-34-30-16-10-9-15-28(29)30/h2-17,19,25,27,31-32H,1,18,20-23H2/q+1/t25?,27?,31-,32?,35?/m0/s1. The van der Waals surface area contributed by atoms with E-state index in [0.717, 1.165) is 47.0 Å². The maximum absolute atomic E-state index is 13.5. The van der Waals surface area contributed by atoms with E-state index in [-0.39, 0.29) is 18.1 Å². The highest BCUT2D eigenvalue weighted by Crippen LogP contribution is 2.49. The molecule has 0 saturated carbocycles. The van der Waals surface area contributed by atoms with E-state index in [2.05, 4.69) is 60.1 Å². The topological polar surface area (TPSA) is 39.2 Å². The maximum Gasteiger partial charge on any atom is 0.338 e. The molecule has 0 N–H and O–H groups in total. The van der Waals surface area contributed by atoms with Crippen LogP contribution in [0.4, 0.5) is 0 Å². The molecule has 3 aliphatic rings. The first-order valence-electron chi connectivity index (χ1n) is 13.3. The van der Waals surface area contributed by atoms with Crippen LogP contribution in [0.15, 0.2) is 110 Å². The quantitative estimate of drug-likeness (QED) is 0.164. The number of esters is 1. The number of hydrogen-bond donors (Lipinski definition) is 0. The van der Waals surface area contributed by atoms with Gasteiger partial charge in [-0.05, 0) is 30.2 Å². The number of carbonyl (C=O) groups is 1. The number of piperidine rings is 3. The van der Waals surface area contributed by atoms with Gasteiger partial charge in [0, 0.05) is 41.5 Å². The van der Waals surface area contributed by atoms with Crippen LogP contribution in [0.5, 0.6) is 0 Å². The number of para-hydroxylation sites is 1. The SMILES string of the molecule is C=CC1C[N+]2(Cc3ccccc3)CCC1C[C@H]2C(OC(=O)c1ccccc1)c1ccnc2ccccc12. The Hall–Kier alpha value is -3.76. The van der Waals surface area contributed by atoms with E-state index in [1.165, 1.54) is 12.0 Å². The molecule has 3 aromatic carbocycles. The van der Waals surface area contributed by atoms with E-state index in [1.54, 1.807) is 0 Å². The van der Waals surface area contributed by atoms with Crippen molar-refractivity contribution in [1.82, 2.24) is 4.98 Å². The van der Waals surface area contributed by atoms with E-state index >= 15 is 0 Å². The van der Waals surface area contributed by atoms with Crippen LogP contribution in [0.1, 0.15) is 40.4 Å². The van der Waals surface area contributed by atoms with E-state index in [1.807, 2.05) is 54.7 Å². The first kappa shape index (κ1) is 23.6. The molecule has 4 nitrogen and oxygen atoms in total. The molecule has 4 heterocycles. The smallest absolute Gasteiger partial charge is 0.338 e. The van der Waals surface area contributed by atoms with Crippen molar-refractivity contribution < 1.29 is 14.0 Å². The van der Waals surface area contributed by atoms with Gasteiger partial charge in [0.2, 0.25) is 0 Å². The Bertz CT molecular complexity index is 1400. The number of aromatic nitrogens is 1. The molecule has 2 bridgehead atoms. The van der Waals surface area contributed by atoms with Crippen molar-refractivity contribution in [2.24, 2.45) is 11.8 Å². The number of benzene rings is 3. The van der Waals surface area contributed by atoms with E-state index < -0.39 is 0 Å². The lowest BCUT2D eigenvalue weighted by Gasteiger charge is -2.58. The number of ether oxygens (including phenoxy) is 1. The molecule has 3 fully saturated rings. The van der Waals surface area contributed by atoms with Crippen molar-refractivity contribution in [3.05, 3.63) is 127 Å². The largest absolute Gasteiger partial charge is 0.447 e. The summed E-state index contributed by atoms with van der Waals surface area (Å²) in [6.45, 7) is 7.22. The normalized spacial score (nSPS) is 25.5. The molecule has 5 atom stereocenters. The second-order valence-electron chi connectivity index (χ2n) is 10.6. The third-order valence-electron chi connectivity index (χ3n) is 8.60. The van der Waals surface area contributed by atoms with Crippen molar-refractivity contribution >= 4 is 16.9 Å². The monoisotopic (exact) mass is 489 g/mol. The Labute approximate surface area is 218 Å². The van der Waals surface area contributed by atoms with E-state index in [0.29, 0.717) is 17.4 Å². The van der Waals surface area contributed by atoms with Gasteiger partial charge >= 0.3 is 5.97 Å². The highest BCUT2D eigenvalue weighted by Gasteiger charge is 2.55. The van der Waals surface area contributed by atoms with Crippen LogP contribution in [0, 0.1) is 11.8 Å². The molecule has 1 aromatic heterocycles. The number of fused-ring (bicyclic) bond motifs is 4. The van der Waals surface area contributed by atoms with Gasteiger partial charge in [0.05, 0.1) is 24.2 Å². The molecule has 4 heteroatoms. The van der Waals surface area contributed by atoms with Crippen LogP contribution in [-0.4, -0.2) is 34.6 Å². The summed E-state index contributed by atoms with van der Waals surface area (Å²) in [5.74, 6) is 0.768. The summed E-state index contributed by atoms with van der Waals surface area (Å²) in [6, 6.07) is 30.5. The highest BCUT2D eigenvalue weighted by atomic mass is 16.5. The predicted molar refractivity (Wildman–Crippen MR) is 147 cm³/mol. The molecule has 0 amide bonds. The Morgan fingerprint density at radius 3 is 2.51 bits per heavy atom. The summed E-state index contributed by atoms with van der Waals surface area (Å²) >= 11 is 0. The molecule has 186 valence electrons. The van der Waals surface area contributed by atoms with E-state index in [4.69, 9.17) is 4.74 Å². The molecule has 4 unspecified atom stereocenters. The maximum atomic E-state index is 13.5. The number of hydrogen-bond acceptors (Lipinski definition) is 3. The van der Waals surface area contributed by atoms with Crippen molar-refractivity contribution in [1.29, 1.82) is 0 Å². The Morgan fingerprint density at radius 1 is 1.00 bits per heavy atom. The molecule has 3 saturated heterocycles. The van der Waals surface area contributed by atoms with Gasteiger partial charge < -0.3 is 9.22 Å². The average Bonchev–Trinajstić information content (AvgIpc) is 2.96. The summed E-state index contributed by atoms with van der Waals surface area (Å²) in [4.78, 5) is 18.1. The molecule has 0 spiro atoms. The lowest BCUT2D eigenvalue weighted by Crippen LogP contribution is -2.67. The minimum absolute atomic E-state index is 0.147. The predicted octanol–water partition coefficient (Wildman–Crippen LogP) is 6.74. The van der Waals surface area contributed by atoms with Crippen LogP contribution in [0.2, 0.25) is 0 Å². The lowest BCUT2D eigenvalue weighted by atomic mass is 9.71. The molecular weight excluding hydrogens is 456 g/mol. The molecule has 4 aromatic rings. The van der Waals surface area contributed by atoms with Gasteiger partial charge in [-0.15, -0.1) is 6.58 Å². The third-order valence-corrected chi connectivity index (χ3v) is 8.60. The summed E-state index contributed by atoms with van der Waals surface area (Å²) in [7, 11) is 0. The molecule has 3 aliphatic heterocycles. The van der Waals surface area contributed by atoms with Crippen molar-refractivity contribution in [2.75, 3.05) is 13.1 Å². The van der Waals surface area contributed by atoms with Crippen LogP contribution in [0.3, 0.4) is 0 Å². The zero-order chi connectivity index (χ0) is 25.2. The van der Waals surface area contributed by atoms with Crippen LogP contribution in [-0.2, 0) is 11.3 Å². The van der Waals surface area contributed by atoms with Gasteiger partial charge in [0.1, 0.15) is 12.6 Å². The molecular formula is C33H33N2O2+. The molecule has 0 radical (unpaired) electrons. The van der Waals surface area contributed by atoms with Crippen molar-refractivity contribution in [3.8, 4) is 0 Å². The summed E-state index contributed by atoms with van der Waals surface area (Å²) in [5, 5.41) is 1.05. The summed E-state index contributed by atoms with van der Waals surface area (Å²) < 4.78 is 7.45. The van der Waals surface area contributed by atoms with Crippen LogP contribution >= 0.6 is 0 Å². The van der Waals surface area contributed by atoms with Crippen LogP contribution < -0.4 is 0 Å². The fourth-order valence-corrected chi connectivity index (χ4v) is 6.78. The van der Waals surface area contributed by atoms with Crippen molar-refractivity contribution in [2.45, 2.75) is 31.5 Å². The number of nitrogens with zero attached hydrogens (tertiary/aromatic N) is 2. The van der Waals surface area contributed by atoms with Gasteiger partial charge in [-0.25, -0.2) is 4.79 Å². The second-order valence-corrected chi connectivity index (χ2v) is 10.6. The molecule has 0 aliphatic carbocycles. The zero-order valence-electron chi connectivity index (χ0n) is 21.1. The minimum atomic E-state index is -0.377. The number of pyridine rings is 1. The molecule has 7 rings (SSSR count). The van der Waals surface area contributed by atoms with Gasteiger partial charge in [-0.3, -0.25) is 4.98 Å². The van der Waals surface area contributed by atoms with Gasteiger partial charge in [-0.1, -0.05) is 72.8 Å². The van der Waals surface area contributed by atoms with Gasteiger partial charge in [0.15, 0.2) is 6.10 Å². The Morgan fingerprint density at radius 2 is 1.73 bits per heavy atom. The fourth-order valence-electron chi connectivity index (χ4n) is 6.78. The van der Waals surface area contributed by atoms with Gasteiger partial charge in [0.25, 0.3) is 0 Å². The fraction of sp³-hybridized carbons (Fsp3) is 0.273. The number of quaternary nitrogens is 1. The van der Waals surface area contributed by atoms with Gasteiger partial charge in [-0.2, -0.15) is 0 Å². The summed E-state index contributed by atoms with van der Waals surface area (Å²) in [5.41, 5.74) is 3.88. The first-order valence-corrected chi connectivity index (χ1v) is 13.3. The lowest BCUT2D eigenvalue weighted by molar-refractivity contribution is -0.984. The zero-order valence-corrected chi connectivity index (χ0v) is 21.1. The van der Waals surface area contributed by atoms with Crippen LogP contribution in [0.25, 0.3) is 10.9 Å². The van der Waals surface area contributed by atoms with E-state index in [9.17, 15) is 4.79 Å². The van der Waals surface area contributed by atoms with Crippen molar-refractivity contribution in [3.63, 3.8) is 0 Å². The molecule has 37 heavy (non-hydrogen) atoms. The number of rotatable bonds is 7. The Balaban J connectivity index is 1.47. The average molecular weight is 490 g/mol. The third kappa shape index (κ3) is 4.47. The number of carbonyl (C=O) groups excluding carboxylic acids is 1. The summed E-state index contributed by atoms with van der Waals surface area (Å²) in [6.07, 6.45) is 5.82.